The summed E-state index contributed by atoms with van der Waals surface area (Å²) in [7, 11) is 0. The number of rotatable bonds is 7. The van der Waals surface area contributed by atoms with Gasteiger partial charge in [0.1, 0.15) is 5.52 Å². The maximum atomic E-state index is 11.3. The lowest BCUT2D eigenvalue weighted by atomic mass is 9.85. The molecule has 1 saturated carbocycles. The van der Waals surface area contributed by atoms with Crippen LogP contribution in [0.2, 0.25) is 0 Å². The summed E-state index contributed by atoms with van der Waals surface area (Å²) in [5, 5.41) is 10.7. The number of carbonyl (C=O) groups is 1. The molecule has 2 atom stereocenters. The van der Waals surface area contributed by atoms with Crippen LogP contribution in [0.3, 0.4) is 0 Å². The molecule has 1 unspecified atom stereocenters. The first-order valence-corrected chi connectivity index (χ1v) is 10.0. The highest BCUT2D eigenvalue weighted by atomic mass is 16.1. The van der Waals surface area contributed by atoms with Gasteiger partial charge in [-0.15, -0.1) is 0 Å². The Kier molecular flexibility index (Phi) is 6.44. The molecule has 3 rings (SSSR count). The predicted octanol–water partition coefficient (Wildman–Crippen LogP) is 3.59. The van der Waals surface area contributed by atoms with Gasteiger partial charge in [0.15, 0.2) is 5.82 Å². The average Bonchev–Trinajstić information content (AvgIpc) is 2.65. The molecule has 0 bridgehead atoms. The first-order chi connectivity index (χ1) is 13.4. The van der Waals surface area contributed by atoms with Crippen LogP contribution in [0.4, 0.5) is 11.8 Å². The molecule has 3 N–H and O–H groups in total. The summed E-state index contributed by atoms with van der Waals surface area (Å²) in [4.78, 5) is 25.1. The van der Waals surface area contributed by atoms with Crippen molar-refractivity contribution in [2.45, 2.75) is 58.5 Å². The number of fused-ring (bicyclic) bond motifs is 1. The number of pyridine rings is 1. The highest BCUT2D eigenvalue weighted by molar-refractivity contribution is 5.89. The van der Waals surface area contributed by atoms with Crippen molar-refractivity contribution in [3.63, 3.8) is 0 Å². The van der Waals surface area contributed by atoms with Gasteiger partial charge in [-0.25, -0.2) is 15.0 Å². The highest BCUT2D eigenvalue weighted by Gasteiger charge is 2.22. The first-order valence-electron chi connectivity index (χ1n) is 10.0. The molecule has 1 aliphatic carbocycles. The van der Waals surface area contributed by atoms with E-state index >= 15 is 0 Å². The molecule has 2 aromatic heterocycles. The summed E-state index contributed by atoms with van der Waals surface area (Å²) < 4.78 is 0. The molecule has 0 aromatic carbocycles. The molecule has 0 saturated heterocycles. The van der Waals surface area contributed by atoms with E-state index in [1.165, 1.54) is 0 Å². The Labute approximate surface area is 166 Å². The summed E-state index contributed by atoms with van der Waals surface area (Å²) in [6.45, 7) is 10.3. The number of hydrogen-bond acceptors (Lipinski definition) is 6. The van der Waals surface area contributed by atoms with Crippen LogP contribution in [-0.2, 0) is 4.79 Å². The van der Waals surface area contributed by atoms with Gasteiger partial charge in [-0.05, 0) is 51.2 Å². The predicted molar refractivity (Wildman–Crippen MR) is 114 cm³/mol. The van der Waals surface area contributed by atoms with E-state index in [4.69, 9.17) is 4.98 Å². The minimum atomic E-state index is 0.0491. The summed E-state index contributed by atoms with van der Waals surface area (Å²) >= 11 is 0. The lowest BCUT2D eigenvalue weighted by molar-refractivity contribution is -0.119. The Morgan fingerprint density at radius 1 is 1.36 bits per heavy atom. The highest BCUT2D eigenvalue weighted by Crippen LogP contribution is 2.26. The maximum absolute atomic E-state index is 11.3. The van der Waals surface area contributed by atoms with E-state index in [0.717, 1.165) is 54.6 Å². The molecule has 150 valence electrons. The molecule has 7 heteroatoms. The van der Waals surface area contributed by atoms with E-state index in [0.29, 0.717) is 11.9 Å². The Morgan fingerprint density at radius 2 is 2.18 bits per heavy atom. The quantitative estimate of drug-likeness (QED) is 0.678. The van der Waals surface area contributed by atoms with Gasteiger partial charge in [0.2, 0.25) is 11.9 Å². The first kappa shape index (κ1) is 20.0. The van der Waals surface area contributed by atoms with Crippen molar-refractivity contribution in [3.8, 4) is 0 Å². The van der Waals surface area contributed by atoms with Crippen LogP contribution >= 0.6 is 0 Å². The monoisotopic (exact) mass is 382 g/mol. The second-order valence-electron chi connectivity index (χ2n) is 7.84. The molecule has 0 radical (unpaired) electrons. The van der Waals surface area contributed by atoms with Crippen molar-refractivity contribution < 1.29 is 4.79 Å². The molecule has 7 nitrogen and oxygen atoms in total. The number of nitrogens with zero attached hydrogens (tertiary/aromatic N) is 3. The van der Waals surface area contributed by atoms with Crippen LogP contribution < -0.4 is 16.0 Å². The van der Waals surface area contributed by atoms with Crippen LogP contribution in [0.5, 0.6) is 0 Å². The van der Waals surface area contributed by atoms with E-state index < -0.39 is 0 Å². The van der Waals surface area contributed by atoms with Gasteiger partial charge in [-0.1, -0.05) is 13.0 Å². The third-order valence-electron chi connectivity index (χ3n) is 4.96. The topological polar surface area (TPSA) is 91.8 Å². The normalized spacial score (nSPS) is 19.4. The zero-order valence-electron chi connectivity index (χ0n) is 17.0. The van der Waals surface area contributed by atoms with Crippen molar-refractivity contribution in [1.82, 2.24) is 20.3 Å². The molecule has 0 spiro atoms. The second-order valence-corrected chi connectivity index (χ2v) is 7.84. The van der Waals surface area contributed by atoms with Crippen molar-refractivity contribution in [2.24, 2.45) is 5.92 Å². The molecule has 1 fully saturated rings. The van der Waals surface area contributed by atoms with Gasteiger partial charge < -0.3 is 16.0 Å². The smallest absolute Gasteiger partial charge is 0.223 e. The van der Waals surface area contributed by atoms with Crippen LogP contribution in [0.1, 0.15) is 52.1 Å². The number of nitrogens with one attached hydrogen (secondary N) is 3. The largest absolute Gasteiger partial charge is 0.366 e. The van der Waals surface area contributed by atoms with Crippen LogP contribution in [0.25, 0.3) is 17.0 Å². The number of aromatic nitrogens is 3. The summed E-state index contributed by atoms with van der Waals surface area (Å²) in [5.74, 6) is 1.90. The van der Waals surface area contributed by atoms with E-state index in [9.17, 15) is 4.79 Å². The van der Waals surface area contributed by atoms with E-state index in [-0.39, 0.29) is 18.0 Å². The third-order valence-corrected chi connectivity index (χ3v) is 4.96. The number of anilines is 2. The lowest BCUT2D eigenvalue weighted by Gasteiger charge is -2.29. The molecule has 28 heavy (non-hydrogen) atoms. The SMILES string of the molecule is C=Cc1cc2cnc(NCC3CCC[C@@H](NC(C)=O)C3)nc2c(NC(C)C)n1. The summed E-state index contributed by atoms with van der Waals surface area (Å²) in [6, 6.07) is 2.46. The van der Waals surface area contributed by atoms with Gasteiger partial charge in [-0.3, -0.25) is 4.79 Å². The molecular weight excluding hydrogens is 352 g/mol. The summed E-state index contributed by atoms with van der Waals surface area (Å²) in [6.07, 6.45) is 7.89. The second kappa shape index (κ2) is 8.99. The van der Waals surface area contributed by atoms with Crippen LogP contribution in [0, 0.1) is 5.92 Å². The molecule has 2 heterocycles. The van der Waals surface area contributed by atoms with Gasteiger partial charge in [0, 0.05) is 37.1 Å². The van der Waals surface area contributed by atoms with E-state index in [2.05, 4.69) is 46.3 Å². The Hall–Kier alpha value is -2.70. The standard InChI is InChI=1S/C21H30N6O/c1-5-17-10-16-12-23-21(27-19(16)20(26-17)24-13(2)3)22-11-15-7-6-8-18(9-15)25-14(4)28/h5,10,12-13,15,18H,1,6-9,11H2,2-4H3,(H,24,26)(H,25,28)(H,22,23,27)/t15?,18-/m1/s1. The summed E-state index contributed by atoms with van der Waals surface area (Å²) in [5.41, 5.74) is 1.60. The fraction of sp³-hybridized carbons (Fsp3) is 0.524. The van der Waals surface area contributed by atoms with Crippen LogP contribution in [0.15, 0.2) is 18.8 Å². The molecule has 1 aliphatic rings. The fourth-order valence-electron chi connectivity index (χ4n) is 3.75. The minimum absolute atomic E-state index is 0.0491. The minimum Gasteiger partial charge on any atom is -0.366 e. The molecule has 0 aliphatic heterocycles. The van der Waals surface area contributed by atoms with Crippen molar-refractivity contribution >= 4 is 34.7 Å². The van der Waals surface area contributed by atoms with Crippen molar-refractivity contribution in [1.29, 1.82) is 0 Å². The Morgan fingerprint density at radius 3 is 2.89 bits per heavy atom. The van der Waals surface area contributed by atoms with Crippen molar-refractivity contribution in [2.75, 3.05) is 17.2 Å². The number of amides is 1. The van der Waals surface area contributed by atoms with Gasteiger partial charge in [0.25, 0.3) is 0 Å². The third kappa shape index (κ3) is 5.18. The number of hydrogen-bond donors (Lipinski definition) is 3. The van der Waals surface area contributed by atoms with Crippen LogP contribution in [-0.4, -0.2) is 39.5 Å². The van der Waals surface area contributed by atoms with Gasteiger partial charge in [-0.2, -0.15) is 0 Å². The Balaban J connectivity index is 1.73. The molecule has 2 aromatic rings. The van der Waals surface area contributed by atoms with E-state index in [1.54, 1.807) is 13.0 Å². The Bertz CT molecular complexity index is 850. The molecular formula is C21H30N6O. The molecule has 1 amide bonds. The maximum Gasteiger partial charge on any atom is 0.223 e. The van der Waals surface area contributed by atoms with Gasteiger partial charge in [0.05, 0.1) is 5.69 Å². The van der Waals surface area contributed by atoms with Crippen molar-refractivity contribution in [3.05, 3.63) is 24.5 Å². The van der Waals surface area contributed by atoms with E-state index in [1.807, 2.05) is 12.3 Å². The number of carbonyl (C=O) groups excluding carboxylic acids is 1. The lowest BCUT2D eigenvalue weighted by Crippen LogP contribution is -2.38. The zero-order chi connectivity index (χ0) is 20.1. The average molecular weight is 383 g/mol. The van der Waals surface area contributed by atoms with Gasteiger partial charge >= 0.3 is 0 Å². The fourth-order valence-corrected chi connectivity index (χ4v) is 3.75. The zero-order valence-corrected chi connectivity index (χ0v) is 17.0.